The van der Waals surface area contributed by atoms with Crippen molar-refractivity contribution < 1.29 is 14.3 Å². The van der Waals surface area contributed by atoms with E-state index in [9.17, 15) is 9.59 Å². The molecule has 0 N–H and O–H groups in total. The Balaban J connectivity index is 3.69. The van der Waals surface area contributed by atoms with Crippen LogP contribution >= 0.6 is 11.6 Å². The van der Waals surface area contributed by atoms with E-state index < -0.39 is 11.3 Å². The van der Waals surface area contributed by atoms with E-state index in [4.69, 9.17) is 11.6 Å². The number of ether oxygens (including phenoxy) is 1. The van der Waals surface area contributed by atoms with Gasteiger partial charge in [0.1, 0.15) is 6.42 Å². The maximum atomic E-state index is 10.7. The zero-order valence-electron chi connectivity index (χ0n) is 5.89. The summed E-state index contributed by atoms with van der Waals surface area (Å²) in [6.07, 6.45) is -0.235. The van der Waals surface area contributed by atoms with Gasteiger partial charge in [-0.15, -0.1) is 11.6 Å². The predicted molar refractivity (Wildman–Crippen MR) is 37.0 cm³/mol. The van der Waals surface area contributed by atoms with Gasteiger partial charge in [-0.25, -0.2) is 0 Å². The minimum atomic E-state index is -0.612. The van der Waals surface area contributed by atoms with Gasteiger partial charge in [0, 0.05) is 0 Å². The third-order valence-electron chi connectivity index (χ3n) is 0.990. The van der Waals surface area contributed by atoms with Gasteiger partial charge in [0.2, 0.25) is 0 Å². The molecule has 0 aliphatic rings. The van der Waals surface area contributed by atoms with Crippen LogP contribution < -0.4 is 0 Å². The van der Waals surface area contributed by atoms with Crippen LogP contribution in [0, 0.1) is 0 Å². The highest BCUT2D eigenvalue weighted by Gasteiger charge is 2.13. The summed E-state index contributed by atoms with van der Waals surface area (Å²) >= 11 is 5.37. The number of esters is 1. The van der Waals surface area contributed by atoms with Gasteiger partial charge in [-0.2, -0.15) is 0 Å². The molecule has 0 spiro atoms. The first-order chi connectivity index (χ1) is 4.57. The lowest BCUT2D eigenvalue weighted by molar-refractivity contribution is -0.143. The van der Waals surface area contributed by atoms with E-state index in [0.29, 0.717) is 0 Å². The van der Waals surface area contributed by atoms with Gasteiger partial charge >= 0.3 is 5.97 Å². The summed E-state index contributed by atoms with van der Waals surface area (Å²) in [5.41, 5.74) is 0. The fourth-order valence-electron chi connectivity index (χ4n) is 0.355. The molecule has 0 fully saturated rings. The fraction of sp³-hybridized carbons (Fsp3) is 0.667. The van der Waals surface area contributed by atoms with Crippen LogP contribution in [0.5, 0.6) is 0 Å². The minimum Gasteiger partial charge on any atom is -0.469 e. The third kappa shape index (κ3) is 3.45. The molecule has 0 amide bonds. The Morgan fingerprint density at radius 3 is 2.40 bits per heavy atom. The summed E-state index contributed by atoms with van der Waals surface area (Å²) in [6.45, 7) is 1.52. The van der Waals surface area contributed by atoms with Crippen LogP contribution in [0.4, 0.5) is 0 Å². The van der Waals surface area contributed by atoms with E-state index in [1.807, 2.05) is 0 Å². The molecule has 0 aromatic heterocycles. The number of carbonyl (C=O) groups is 2. The number of alkyl halides is 1. The van der Waals surface area contributed by atoms with Gasteiger partial charge in [0.25, 0.3) is 0 Å². The highest BCUT2D eigenvalue weighted by Crippen LogP contribution is 1.99. The standard InChI is InChI=1S/C6H9ClO3/c1-4(7)5(8)3-6(9)10-2/h4H,3H2,1-2H3. The lowest BCUT2D eigenvalue weighted by atomic mass is 10.2. The molecule has 0 aliphatic carbocycles. The molecule has 0 saturated carbocycles. The zero-order valence-corrected chi connectivity index (χ0v) is 6.64. The van der Waals surface area contributed by atoms with E-state index >= 15 is 0 Å². The summed E-state index contributed by atoms with van der Waals surface area (Å²) in [5.74, 6) is -0.856. The summed E-state index contributed by atoms with van der Waals surface area (Å²) in [6, 6.07) is 0. The van der Waals surface area contributed by atoms with Gasteiger partial charge in [0.05, 0.1) is 12.5 Å². The number of Topliss-reactive ketones (excluding diaryl/α,β-unsaturated/α-hetero) is 1. The second-order valence-electron chi connectivity index (χ2n) is 1.84. The maximum absolute atomic E-state index is 10.7. The Morgan fingerprint density at radius 1 is 1.60 bits per heavy atom. The van der Waals surface area contributed by atoms with Gasteiger partial charge in [-0.1, -0.05) is 0 Å². The zero-order chi connectivity index (χ0) is 8.15. The molecule has 0 heterocycles. The first-order valence-corrected chi connectivity index (χ1v) is 3.25. The smallest absolute Gasteiger partial charge is 0.313 e. The molecular weight excluding hydrogens is 156 g/mol. The highest BCUT2D eigenvalue weighted by atomic mass is 35.5. The van der Waals surface area contributed by atoms with Crippen molar-refractivity contribution in [1.82, 2.24) is 0 Å². The molecule has 0 aromatic rings. The number of carbonyl (C=O) groups excluding carboxylic acids is 2. The topological polar surface area (TPSA) is 43.4 Å². The maximum Gasteiger partial charge on any atom is 0.313 e. The second-order valence-corrected chi connectivity index (χ2v) is 2.49. The van der Waals surface area contributed by atoms with Crippen LogP contribution in [0.25, 0.3) is 0 Å². The van der Waals surface area contributed by atoms with Crippen molar-refractivity contribution in [2.75, 3.05) is 7.11 Å². The largest absolute Gasteiger partial charge is 0.469 e. The van der Waals surface area contributed by atoms with Crippen molar-refractivity contribution in [3.8, 4) is 0 Å². The van der Waals surface area contributed by atoms with Crippen molar-refractivity contribution in [2.24, 2.45) is 0 Å². The van der Waals surface area contributed by atoms with Crippen molar-refractivity contribution in [2.45, 2.75) is 18.7 Å². The second kappa shape index (κ2) is 4.28. The summed E-state index contributed by atoms with van der Waals surface area (Å²) in [7, 11) is 1.23. The summed E-state index contributed by atoms with van der Waals surface area (Å²) < 4.78 is 4.25. The molecule has 10 heavy (non-hydrogen) atoms. The highest BCUT2D eigenvalue weighted by molar-refractivity contribution is 6.31. The first kappa shape index (κ1) is 9.43. The predicted octanol–water partition coefficient (Wildman–Crippen LogP) is 0.746. The molecule has 58 valence electrons. The van der Waals surface area contributed by atoms with E-state index in [2.05, 4.69) is 4.74 Å². The Labute approximate surface area is 64.3 Å². The number of methoxy groups -OCH3 is 1. The average molecular weight is 165 g/mol. The number of ketones is 1. The molecule has 0 rings (SSSR count). The van der Waals surface area contributed by atoms with Crippen molar-refractivity contribution in [1.29, 1.82) is 0 Å². The molecule has 0 aliphatic heterocycles. The van der Waals surface area contributed by atoms with Crippen molar-refractivity contribution in [3.63, 3.8) is 0 Å². The lowest BCUT2D eigenvalue weighted by Gasteiger charge is -1.99. The monoisotopic (exact) mass is 164 g/mol. The number of halogens is 1. The molecule has 0 saturated heterocycles. The normalized spacial score (nSPS) is 12.3. The summed E-state index contributed by atoms with van der Waals surface area (Å²) in [5, 5.41) is -0.612. The molecular formula is C6H9ClO3. The Bertz CT molecular complexity index is 142. The lowest BCUT2D eigenvalue weighted by Crippen LogP contribution is -2.16. The summed E-state index contributed by atoms with van der Waals surface area (Å²) in [4.78, 5) is 21.1. The number of rotatable bonds is 3. The first-order valence-electron chi connectivity index (χ1n) is 2.81. The van der Waals surface area contributed by atoms with Gasteiger partial charge in [-0.05, 0) is 6.92 Å². The van der Waals surface area contributed by atoms with Crippen LogP contribution in [0.15, 0.2) is 0 Å². The van der Waals surface area contributed by atoms with E-state index in [-0.39, 0.29) is 12.2 Å². The fourth-order valence-corrected chi connectivity index (χ4v) is 0.432. The van der Waals surface area contributed by atoms with Crippen LogP contribution in [-0.2, 0) is 14.3 Å². The molecule has 1 unspecified atom stereocenters. The van der Waals surface area contributed by atoms with Crippen LogP contribution in [0.1, 0.15) is 13.3 Å². The van der Waals surface area contributed by atoms with Crippen LogP contribution in [0.3, 0.4) is 0 Å². The third-order valence-corrected chi connectivity index (χ3v) is 1.23. The van der Waals surface area contributed by atoms with E-state index in [1.165, 1.54) is 14.0 Å². The molecule has 4 heteroatoms. The molecule has 0 radical (unpaired) electrons. The quantitative estimate of drug-likeness (QED) is 0.351. The number of hydrogen-bond donors (Lipinski definition) is 0. The van der Waals surface area contributed by atoms with Gasteiger partial charge in [0.15, 0.2) is 5.78 Å². The average Bonchev–Trinajstić information content (AvgIpc) is 1.87. The van der Waals surface area contributed by atoms with Crippen molar-refractivity contribution >= 4 is 23.4 Å². The van der Waals surface area contributed by atoms with Crippen molar-refractivity contribution in [3.05, 3.63) is 0 Å². The molecule has 0 aromatic carbocycles. The Hall–Kier alpha value is -0.570. The minimum absolute atomic E-state index is 0.235. The Morgan fingerprint density at radius 2 is 2.10 bits per heavy atom. The number of hydrogen-bond acceptors (Lipinski definition) is 3. The SMILES string of the molecule is COC(=O)CC(=O)C(C)Cl. The van der Waals surface area contributed by atoms with E-state index in [0.717, 1.165) is 0 Å². The Kier molecular flexibility index (Phi) is 4.03. The molecule has 3 nitrogen and oxygen atoms in total. The van der Waals surface area contributed by atoms with Crippen LogP contribution in [0.2, 0.25) is 0 Å². The molecule has 0 bridgehead atoms. The van der Waals surface area contributed by atoms with Gasteiger partial charge in [-0.3, -0.25) is 9.59 Å². The van der Waals surface area contributed by atoms with Gasteiger partial charge < -0.3 is 4.74 Å². The van der Waals surface area contributed by atoms with Crippen LogP contribution in [-0.4, -0.2) is 24.2 Å². The molecule has 1 atom stereocenters. The van der Waals surface area contributed by atoms with E-state index in [1.54, 1.807) is 0 Å².